The van der Waals surface area contributed by atoms with Gasteiger partial charge in [-0.15, -0.1) is 0 Å². The van der Waals surface area contributed by atoms with Crippen molar-refractivity contribution in [3.8, 4) is 0 Å². The van der Waals surface area contributed by atoms with Crippen LogP contribution in [0, 0.1) is 0 Å². The van der Waals surface area contributed by atoms with Gasteiger partial charge >= 0.3 is 5.97 Å². The van der Waals surface area contributed by atoms with E-state index in [-0.39, 0.29) is 11.5 Å². The van der Waals surface area contributed by atoms with Gasteiger partial charge in [0.05, 0.1) is 11.5 Å². The fourth-order valence-electron chi connectivity index (χ4n) is 2.30. The molecule has 0 saturated carbocycles. The molecule has 1 aliphatic rings. The Morgan fingerprint density at radius 2 is 2.05 bits per heavy atom. The third-order valence-electron chi connectivity index (χ3n) is 3.32. The fourth-order valence-corrected chi connectivity index (χ4v) is 3.80. The summed E-state index contributed by atoms with van der Waals surface area (Å²) in [4.78, 5) is 12.6. The number of sulfone groups is 1. The second-order valence-electron chi connectivity index (χ2n) is 4.84. The SMILES string of the molecule is O=C(O)/C=C/c1c(Cl)cccc1N1CCCS(=O)(=O)CC1. The highest BCUT2D eigenvalue weighted by Crippen LogP contribution is 2.29. The molecule has 1 N–H and O–H groups in total. The molecule has 1 aromatic rings. The van der Waals surface area contributed by atoms with Gasteiger partial charge in [0, 0.05) is 35.4 Å². The van der Waals surface area contributed by atoms with Crippen LogP contribution in [0.25, 0.3) is 6.08 Å². The van der Waals surface area contributed by atoms with Crippen LogP contribution in [-0.2, 0) is 14.6 Å². The molecule has 2 rings (SSSR count). The minimum absolute atomic E-state index is 0.0988. The number of carboxylic acid groups (broad SMARTS) is 1. The van der Waals surface area contributed by atoms with Gasteiger partial charge in [-0.2, -0.15) is 0 Å². The van der Waals surface area contributed by atoms with Crippen LogP contribution in [0.5, 0.6) is 0 Å². The molecule has 0 amide bonds. The second-order valence-corrected chi connectivity index (χ2v) is 7.55. The van der Waals surface area contributed by atoms with E-state index in [1.165, 1.54) is 6.08 Å². The van der Waals surface area contributed by atoms with Gasteiger partial charge in [0.25, 0.3) is 0 Å². The Morgan fingerprint density at radius 3 is 2.76 bits per heavy atom. The predicted octanol–water partition coefficient (Wildman–Crippen LogP) is 2.06. The van der Waals surface area contributed by atoms with E-state index in [1.54, 1.807) is 12.1 Å². The quantitative estimate of drug-likeness (QED) is 0.859. The molecule has 1 aliphatic heterocycles. The molecule has 0 aromatic heterocycles. The maximum atomic E-state index is 11.7. The summed E-state index contributed by atoms with van der Waals surface area (Å²) >= 11 is 6.14. The summed E-state index contributed by atoms with van der Waals surface area (Å²) < 4.78 is 23.3. The normalized spacial score (nSPS) is 18.6. The van der Waals surface area contributed by atoms with E-state index in [1.807, 2.05) is 11.0 Å². The number of rotatable bonds is 3. The molecule has 21 heavy (non-hydrogen) atoms. The monoisotopic (exact) mass is 329 g/mol. The minimum Gasteiger partial charge on any atom is -0.478 e. The number of carbonyl (C=O) groups is 1. The van der Waals surface area contributed by atoms with Crippen molar-refractivity contribution in [3.05, 3.63) is 34.9 Å². The highest BCUT2D eigenvalue weighted by molar-refractivity contribution is 7.91. The van der Waals surface area contributed by atoms with Crippen LogP contribution < -0.4 is 4.90 Å². The van der Waals surface area contributed by atoms with E-state index < -0.39 is 15.8 Å². The van der Waals surface area contributed by atoms with Crippen molar-refractivity contribution < 1.29 is 18.3 Å². The summed E-state index contributed by atoms with van der Waals surface area (Å²) in [5.41, 5.74) is 1.36. The summed E-state index contributed by atoms with van der Waals surface area (Å²) in [6, 6.07) is 5.28. The maximum absolute atomic E-state index is 11.7. The predicted molar refractivity (Wildman–Crippen MR) is 83.6 cm³/mol. The summed E-state index contributed by atoms with van der Waals surface area (Å²) in [7, 11) is -3.00. The number of benzene rings is 1. The molecule has 0 bridgehead atoms. The van der Waals surface area contributed by atoms with Crippen molar-refractivity contribution >= 4 is 39.2 Å². The second kappa shape index (κ2) is 6.49. The maximum Gasteiger partial charge on any atom is 0.328 e. The average molecular weight is 330 g/mol. The van der Waals surface area contributed by atoms with Crippen LogP contribution in [0.2, 0.25) is 5.02 Å². The van der Waals surface area contributed by atoms with Gasteiger partial charge in [-0.1, -0.05) is 17.7 Å². The van der Waals surface area contributed by atoms with Gasteiger partial charge in [0.15, 0.2) is 9.84 Å². The Labute approximate surface area is 128 Å². The van der Waals surface area contributed by atoms with Crippen LogP contribution >= 0.6 is 11.6 Å². The zero-order valence-corrected chi connectivity index (χ0v) is 12.9. The molecular formula is C14H16ClNO4S. The van der Waals surface area contributed by atoms with Crippen LogP contribution in [-0.4, -0.2) is 44.1 Å². The lowest BCUT2D eigenvalue weighted by atomic mass is 10.1. The third-order valence-corrected chi connectivity index (χ3v) is 5.36. The fraction of sp³-hybridized carbons (Fsp3) is 0.357. The van der Waals surface area contributed by atoms with E-state index in [2.05, 4.69) is 0 Å². The first kappa shape index (κ1) is 15.9. The third kappa shape index (κ3) is 4.22. The van der Waals surface area contributed by atoms with Gasteiger partial charge in [0.1, 0.15) is 0 Å². The number of hydrogen-bond acceptors (Lipinski definition) is 4. The number of nitrogens with zero attached hydrogens (tertiary/aromatic N) is 1. The molecule has 1 saturated heterocycles. The lowest BCUT2D eigenvalue weighted by molar-refractivity contribution is -0.131. The molecule has 1 heterocycles. The van der Waals surface area contributed by atoms with Crippen LogP contribution in [0.4, 0.5) is 5.69 Å². The molecule has 1 aromatic carbocycles. The van der Waals surface area contributed by atoms with E-state index in [0.717, 1.165) is 11.8 Å². The summed E-state index contributed by atoms with van der Waals surface area (Å²) in [6.45, 7) is 0.990. The minimum atomic E-state index is -3.00. The Bertz CT molecular complexity index is 670. The highest BCUT2D eigenvalue weighted by atomic mass is 35.5. The van der Waals surface area contributed by atoms with Crippen molar-refractivity contribution in [2.24, 2.45) is 0 Å². The average Bonchev–Trinajstić information content (AvgIpc) is 2.58. The van der Waals surface area contributed by atoms with E-state index in [4.69, 9.17) is 16.7 Å². The molecule has 0 radical (unpaired) electrons. The van der Waals surface area contributed by atoms with Crippen LogP contribution in [0.15, 0.2) is 24.3 Å². The molecule has 0 unspecified atom stereocenters. The zero-order chi connectivity index (χ0) is 15.5. The number of halogens is 1. The molecule has 0 atom stereocenters. The Morgan fingerprint density at radius 1 is 1.29 bits per heavy atom. The molecule has 0 spiro atoms. The Balaban J connectivity index is 2.35. The van der Waals surface area contributed by atoms with Gasteiger partial charge in [0.2, 0.25) is 0 Å². The van der Waals surface area contributed by atoms with E-state index in [0.29, 0.717) is 30.1 Å². The number of hydrogen-bond donors (Lipinski definition) is 1. The van der Waals surface area contributed by atoms with Gasteiger partial charge in [-0.05, 0) is 24.6 Å². The number of aliphatic carboxylic acids is 1. The lowest BCUT2D eigenvalue weighted by Crippen LogP contribution is -2.27. The molecule has 5 nitrogen and oxygen atoms in total. The first-order valence-electron chi connectivity index (χ1n) is 6.54. The first-order valence-corrected chi connectivity index (χ1v) is 8.74. The number of anilines is 1. The van der Waals surface area contributed by atoms with Crippen molar-refractivity contribution in [1.82, 2.24) is 0 Å². The summed E-state index contributed by atoms with van der Waals surface area (Å²) in [5, 5.41) is 9.20. The summed E-state index contributed by atoms with van der Waals surface area (Å²) in [6.07, 6.45) is 3.02. The van der Waals surface area contributed by atoms with E-state index in [9.17, 15) is 13.2 Å². The Hall–Kier alpha value is -1.53. The van der Waals surface area contributed by atoms with Crippen molar-refractivity contribution in [2.45, 2.75) is 6.42 Å². The molecular weight excluding hydrogens is 314 g/mol. The molecule has 1 fully saturated rings. The topological polar surface area (TPSA) is 74.7 Å². The first-order chi connectivity index (χ1) is 9.89. The number of carboxylic acids is 1. The van der Waals surface area contributed by atoms with Crippen LogP contribution in [0.3, 0.4) is 0 Å². The molecule has 0 aliphatic carbocycles. The standard InChI is InChI=1S/C14H16ClNO4S/c15-12-3-1-4-13(11(12)5-6-14(17)18)16-7-2-9-21(19,20)10-8-16/h1,3-6H,2,7-10H2,(H,17,18)/b6-5+. The largest absolute Gasteiger partial charge is 0.478 e. The summed E-state index contributed by atoms with van der Waals surface area (Å²) in [5.74, 6) is -0.772. The Kier molecular flexibility index (Phi) is 4.90. The van der Waals surface area contributed by atoms with Gasteiger partial charge in [-0.25, -0.2) is 13.2 Å². The lowest BCUT2D eigenvalue weighted by Gasteiger charge is -2.24. The highest BCUT2D eigenvalue weighted by Gasteiger charge is 2.21. The van der Waals surface area contributed by atoms with Crippen LogP contribution in [0.1, 0.15) is 12.0 Å². The van der Waals surface area contributed by atoms with Gasteiger partial charge in [-0.3, -0.25) is 0 Å². The van der Waals surface area contributed by atoms with Gasteiger partial charge < -0.3 is 10.0 Å². The molecule has 7 heteroatoms. The van der Waals surface area contributed by atoms with Crippen molar-refractivity contribution in [1.29, 1.82) is 0 Å². The van der Waals surface area contributed by atoms with Crippen molar-refractivity contribution in [2.75, 3.05) is 29.5 Å². The zero-order valence-electron chi connectivity index (χ0n) is 11.3. The van der Waals surface area contributed by atoms with Crippen molar-refractivity contribution in [3.63, 3.8) is 0 Å². The smallest absolute Gasteiger partial charge is 0.328 e. The van der Waals surface area contributed by atoms with E-state index >= 15 is 0 Å². The molecule has 114 valence electrons.